The number of rotatable bonds is 13. The largest absolute Gasteiger partial charge is 0.416 e. The van der Waals surface area contributed by atoms with Gasteiger partial charge in [-0.05, 0) is 98.2 Å². The van der Waals surface area contributed by atoms with E-state index >= 15 is 9.59 Å². The molecule has 1 heterocycles. The molecule has 0 unspecified atom stereocenters. The molecule has 1 saturated heterocycles. The first kappa shape index (κ1) is 77.4. The predicted molar refractivity (Wildman–Crippen MR) is 346 cm³/mol. The van der Waals surface area contributed by atoms with Gasteiger partial charge in [-0.3, -0.25) is 52.7 Å². The fourth-order valence-corrected chi connectivity index (χ4v) is 10.8. The fourth-order valence-electron chi connectivity index (χ4n) is 10.7. The van der Waals surface area contributed by atoms with Gasteiger partial charge in [0.2, 0.25) is 65.0 Å². The smallest absolute Gasteiger partial charge is 0.345 e. The lowest BCUT2D eigenvalue weighted by atomic mass is 9.97. The van der Waals surface area contributed by atoms with Crippen LogP contribution in [-0.4, -0.2) is 217 Å². The average molecular weight is 1320 g/mol. The molecule has 3 aromatic carbocycles. The third kappa shape index (κ3) is 22.9. The molecule has 0 bridgehead atoms. The summed E-state index contributed by atoms with van der Waals surface area (Å²) in [5, 5.41) is 11.3. The number of nitrogens with one attached hydrogen (secondary N) is 4. The van der Waals surface area contributed by atoms with Crippen molar-refractivity contribution in [1.29, 1.82) is 0 Å². The molecule has 3 aromatic rings. The molecule has 11 amide bonds. The number of hydrogen-bond donors (Lipinski definition) is 4. The molecule has 0 spiro atoms. The molecule has 1 fully saturated rings. The van der Waals surface area contributed by atoms with Gasteiger partial charge in [0, 0.05) is 79.7 Å². The summed E-state index contributed by atoms with van der Waals surface area (Å²) >= 11 is 6.20. The summed E-state index contributed by atoms with van der Waals surface area (Å²) in [4.78, 5) is 167. The molecule has 22 nitrogen and oxygen atoms in total. The van der Waals surface area contributed by atoms with Crippen molar-refractivity contribution in [2.75, 3.05) is 69.0 Å². The maximum absolute atomic E-state index is 15.3. The number of aryl methyl sites for hydroxylation is 1. The standard InChI is InChI=1S/C67H95ClF3N11O11/c1-16-42(6)59-66(93)78(11)38-57(85)76(9)39-58(86)80(13)53(36-47-24-29-49(68)30-25-47)63(90)77(10)37-56(84)73-50(31-26-45-22-27-48(28-23-45)67(69,70)71)61(88)74-51(32-40(2)3)62(89)81(14)54(35-46-20-18-17-19-21-46)65(92)82(15)52(33-41(4)5)64(91)79(12)43(7)34-55(83)72-44(8)60(87)75-59/h17-25,27-30,40-44,50-54,59H,16,26,31-39H2,1-15H3,(H,72,83)(H,73,84)(H,74,88)(H,75,87)/t42-,43+,44-,50-,51-,52-,53-,54-,59-/m0/s1. The number of likely N-dealkylation sites (N-methyl/N-ethyl adjacent to an activating group) is 7. The zero-order valence-electron chi connectivity index (χ0n) is 56.3. The molecule has 26 heteroatoms. The van der Waals surface area contributed by atoms with Gasteiger partial charge in [0.15, 0.2) is 0 Å². The van der Waals surface area contributed by atoms with Crippen LogP contribution in [0.25, 0.3) is 0 Å². The monoisotopic (exact) mass is 1320 g/mol. The Hall–Kier alpha value is -8.09. The van der Waals surface area contributed by atoms with Gasteiger partial charge in [0.1, 0.15) is 42.3 Å². The van der Waals surface area contributed by atoms with Crippen LogP contribution in [0.15, 0.2) is 78.9 Å². The maximum atomic E-state index is 15.3. The maximum Gasteiger partial charge on any atom is 0.416 e. The lowest BCUT2D eigenvalue weighted by Gasteiger charge is -2.38. The molecular weight excluding hydrogens is 1230 g/mol. The molecule has 9 atom stereocenters. The van der Waals surface area contributed by atoms with E-state index in [4.69, 9.17) is 11.6 Å². The van der Waals surface area contributed by atoms with Crippen molar-refractivity contribution in [1.82, 2.24) is 55.6 Å². The summed E-state index contributed by atoms with van der Waals surface area (Å²) in [6.45, 7) is 12.1. The van der Waals surface area contributed by atoms with E-state index in [1.54, 1.807) is 89.2 Å². The Morgan fingerprint density at radius 1 is 0.505 bits per heavy atom. The second kappa shape index (κ2) is 35.3. The highest BCUT2D eigenvalue weighted by molar-refractivity contribution is 6.30. The number of carbonyl (C=O) groups is 11. The lowest BCUT2D eigenvalue weighted by Crippen LogP contribution is -2.60. The Morgan fingerprint density at radius 3 is 1.58 bits per heavy atom. The second-order valence-electron chi connectivity index (χ2n) is 25.4. The highest BCUT2D eigenvalue weighted by Crippen LogP contribution is 2.30. The molecular formula is C67H95ClF3N11O11. The molecule has 0 aliphatic carbocycles. The number of carbonyl (C=O) groups excluding carboxylic acids is 11. The van der Waals surface area contributed by atoms with E-state index in [0.717, 1.165) is 31.7 Å². The van der Waals surface area contributed by atoms with E-state index in [0.29, 0.717) is 28.1 Å². The van der Waals surface area contributed by atoms with E-state index in [-0.39, 0.29) is 56.8 Å². The van der Waals surface area contributed by atoms with Gasteiger partial charge in [-0.15, -0.1) is 0 Å². The number of halogens is 4. The highest BCUT2D eigenvalue weighted by Gasteiger charge is 2.41. The summed E-state index contributed by atoms with van der Waals surface area (Å²) in [5.74, 6) is -8.63. The Bertz CT molecular complexity index is 3080. The van der Waals surface area contributed by atoms with Crippen molar-refractivity contribution in [3.8, 4) is 0 Å². The Kier molecular flexibility index (Phi) is 29.3. The van der Waals surface area contributed by atoms with Crippen molar-refractivity contribution in [3.05, 3.63) is 106 Å². The Morgan fingerprint density at radius 2 is 1.02 bits per heavy atom. The Balaban J connectivity index is 1.86. The van der Waals surface area contributed by atoms with Gasteiger partial charge >= 0.3 is 6.18 Å². The van der Waals surface area contributed by atoms with Crippen LogP contribution in [0, 0.1) is 17.8 Å². The number of benzene rings is 3. The zero-order chi connectivity index (χ0) is 69.9. The summed E-state index contributed by atoms with van der Waals surface area (Å²) < 4.78 is 40.9. The van der Waals surface area contributed by atoms with Gasteiger partial charge < -0.3 is 55.6 Å². The number of hydrogen-bond acceptors (Lipinski definition) is 11. The van der Waals surface area contributed by atoms with Crippen LogP contribution >= 0.6 is 11.6 Å². The number of nitrogens with zero attached hydrogens (tertiary/aromatic N) is 7. The van der Waals surface area contributed by atoms with Crippen LogP contribution in [0.2, 0.25) is 5.02 Å². The second-order valence-corrected chi connectivity index (χ2v) is 25.9. The van der Waals surface area contributed by atoms with Crippen LogP contribution < -0.4 is 21.3 Å². The first-order valence-corrected chi connectivity index (χ1v) is 31.8. The van der Waals surface area contributed by atoms with Gasteiger partial charge in [-0.2, -0.15) is 13.2 Å². The van der Waals surface area contributed by atoms with E-state index in [1.807, 2.05) is 13.8 Å². The van der Waals surface area contributed by atoms with E-state index in [1.165, 1.54) is 83.1 Å². The van der Waals surface area contributed by atoms with Crippen molar-refractivity contribution in [2.24, 2.45) is 17.8 Å². The van der Waals surface area contributed by atoms with Crippen molar-refractivity contribution in [3.63, 3.8) is 0 Å². The molecule has 0 aromatic heterocycles. The topological polar surface area (TPSA) is 259 Å². The van der Waals surface area contributed by atoms with Crippen LogP contribution in [0.3, 0.4) is 0 Å². The minimum atomic E-state index is -4.64. The number of alkyl halides is 3. The third-order valence-corrected chi connectivity index (χ3v) is 17.2. The third-order valence-electron chi connectivity index (χ3n) is 17.0. The molecule has 0 radical (unpaired) electrons. The Labute approximate surface area is 550 Å². The van der Waals surface area contributed by atoms with Gasteiger partial charge in [-0.25, -0.2) is 0 Å². The summed E-state index contributed by atoms with van der Waals surface area (Å²) in [7, 11) is 9.68. The van der Waals surface area contributed by atoms with Crippen molar-refractivity contribution < 1.29 is 65.9 Å². The molecule has 512 valence electrons. The molecule has 93 heavy (non-hydrogen) atoms. The van der Waals surface area contributed by atoms with Gasteiger partial charge in [0.05, 0.1) is 25.2 Å². The van der Waals surface area contributed by atoms with Crippen LogP contribution in [0.5, 0.6) is 0 Å². The lowest BCUT2D eigenvalue weighted by molar-refractivity contribution is -0.152. The highest BCUT2D eigenvalue weighted by atomic mass is 35.5. The van der Waals surface area contributed by atoms with Gasteiger partial charge in [0.25, 0.3) is 0 Å². The quantitative estimate of drug-likeness (QED) is 0.177. The van der Waals surface area contributed by atoms with Crippen molar-refractivity contribution >= 4 is 76.6 Å². The number of amides is 11. The van der Waals surface area contributed by atoms with E-state index in [9.17, 15) is 56.3 Å². The van der Waals surface area contributed by atoms with Crippen LogP contribution in [0.1, 0.15) is 110 Å². The molecule has 4 N–H and O–H groups in total. The summed E-state index contributed by atoms with van der Waals surface area (Å²) in [6.07, 6.45) is -4.76. The van der Waals surface area contributed by atoms with E-state index < -0.39 is 151 Å². The summed E-state index contributed by atoms with van der Waals surface area (Å²) in [6, 6.07) is 9.81. The van der Waals surface area contributed by atoms with Gasteiger partial charge in [-0.1, -0.05) is 114 Å². The average Bonchev–Trinajstić information content (AvgIpc) is 1.14. The van der Waals surface area contributed by atoms with Crippen LogP contribution in [-0.2, 0) is 78.2 Å². The first-order valence-electron chi connectivity index (χ1n) is 31.4. The zero-order valence-corrected chi connectivity index (χ0v) is 57.0. The fraction of sp³-hybridized carbons (Fsp3) is 0.567. The molecule has 1 aliphatic rings. The predicted octanol–water partition coefficient (Wildman–Crippen LogP) is 4.98. The first-order chi connectivity index (χ1) is 43.4. The van der Waals surface area contributed by atoms with Crippen molar-refractivity contribution in [2.45, 2.75) is 161 Å². The molecule has 1 aliphatic heterocycles. The minimum absolute atomic E-state index is 0.0164. The van der Waals surface area contributed by atoms with Crippen LogP contribution in [0.4, 0.5) is 13.2 Å². The normalized spacial score (nSPS) is 23.5. The molecule has 4 rings (SSSR count). The minimum Gasteiger partial charge on any atom is -0.345 e. The summed E-state index contributed by atoms with van der Waals surface area (Å²) in [5.41, 5.74) is 0.666. The molecule has 0 saturated carbocycles. The van der Waals surface area contributed by atoms with E-state index in [2.05, 4.69) is 21.3 Å². The SMILES string of the molecule is CC[C@H](C)[C@@H]1NC(=O)[C@H](C)NC(=O)C[C@@H](C)N(C)C(=O)[C@H](CC(C)C)N(C)C(=O)[C@H](Cc2ccccc2)N(C)C(=O)[C@H](CC(C)C)NC(=O)[C@H](CCc2ccc(C(F)(F)F)cc2)NC(=O)CN(C)C(=O)[C@H](Cc2ccc(Cl)cc2)N(C)C(=O)CN(C)C(=O)CN(C)C1=O.